The van der Waals surface area contributed by atoms with E-state index in [1.165, 1.54) is 0 Å². The van der Waals surface area contributed by atoms with Gasteiger partial charge in [-0.25, -0.2) is 9.18 Å². The van der Waals surface area contributed by atoms with Gasteiger partial charge in [0.1, 0.15) is 11.5 Å². The van der Waals surface area contributed by atoms with Gasteiger partial charge in [-0.05, 0) is 17.9 Å². The molecule has 1 aromatic rings. The minimum absolute atomic E-state index is 0.0354. The van der Waals surface area contributed by atoms with E-state index in [1.807, 2.05) is 13.8 Å². The van der Waals surface area contributed by atoms with Gasteiger partial charge in [-0.3, -0.25) is 10.1 Å². The summed E-state index contributed by atoms with van der Waals surface area (Å²) in [6.07, 6.45) is 0.856. The number of halogens is 1. The Morgan fingerprint density at radius 3 is 2.60 bits per heavy atom. The largest absolute Gasteiger partial charge is 0.465 e. The van der Waals surface area contributed by atoms with E-state index in [9.17, 15) is 19.3 Å². The highest BCUT2D eigenvalue weighted by Gasteiger charge is 2.46. The van der Waals surface area contributed by atoms with Crippen LogP contribution in [0.25, 0.3) is 0 Å². The monoisotopic (exact) mass is 282 g/mol. The van der Waals surface area contributed by atoms with Gasteiger partial charge in [-0.2, -0.15) is 0 Å². The molecule has 0 aliphatic heterocycles. The molecular weight excluding hydrogens is 267 g/mol. The smallest absolute Gasteiger partial charge is 0.340 e. The summed E-state index contributed by atoms with van der Waals surface area (Å²) < 4.78 is 18.2. The lowest BCUT2D eigenvalue weighted by molar-refractivity contribution is -0.384. The molecule has 0 bridgehead atoms. The molecule has 0 amide bonds. The van der Waals surface area contributed by atoms with Crippen molar-refractivity contribution in [3.63, 3.8) is 0 Å². The average Bonchev–Trinajstić information content (AvgIpc) is 2.97. The van der Waals surface area contributed by atoms with E-state index < -0.39 is 22.4 Å². The van der Waals surface area contributed by atoms with Crippen molar-refractivity contribution in [2.24, 2.45) is 5.41 Å². The van der Waals surface area contributed by atoms with Crippen LogP contribution in [0, 0.1) is 21.3 Å². The molecule has 1 aliphatic carbocycles. The molecule has 0 saturated heterocycles. The quantitative estimate of drug-likeness (QED) is 0.521. The first kappa shape index (κ1) is 14.2. The fourth-order valence-electron chi connectivity index (χ4n) is 2.00. The number of benzene rings is 1. The van der Waals surface area contributed by atoms with Crippen LogP contribution in [0.3, 0.4) is 0 Å². The number of rotatable bonds is 4. The highest BCUT2D eigenvalue weighted by atomic mass is 19.1. The molecular formula is C13H15FN2O4. The summed E-state index contributed by atoms with van der Waals surface area (Å²) in [4.78, 5) is 21.7. The number of esters is 1. The van der Waals surface area contributed by atoms with Gasteiger partial charge in [0.15, 0.2) is 0 Å². The second kappa shape index (κ2) is 4.73. The maximum absolute atomic E-state index is 13.7. The van der Waals surface area contributed by atoms with E-state index in [4.69, 9.17) is 0 Å². The third kappa shape index (κ3) is 2.56. The number of ether oxygens (including phenoxy) is 1. The van der Waals surface area contributed by atoms with Crippen molar-refractivity contribution in [1.82, 2.24) is 0 Å². The fraction of sp³-hybridized carbons (Fsp3) is 0.462. The van der Waals surface area contributed by atoms with Crippen LogP contribution in [0.5, 0.6) is 0 Å². The Kier molecular flexibility index (Phi) is 3.37. The van der Waals surface area contributed by atoms with Gasteiger partial charge in [0.05, 0.1) is 23.7 Å². The first-order valence-corrected chi connectivity index (χ1v) is 6.09. The third-order valence-corrected chi connectivity index (χ3v) is 3.53. The third-order valence-electron chi connectivity index (χ3n) is 3.53. The minimum atomic E-state index is -0.968. The predicted molar refractivity (Wildman–Crippen MR) is 70.2 cm³/mol. The Balaban J connectivity index is 2.41. The van der Waals surface area contributed by atoms with Gasteiger partial charge in [-0.15, -0.1) is 0 Å². The molecule has 1 saturated carbocycles. The van der Waals surface area contributed by atoms with Crippen molar-refractivity contribution in [2.75, 3.05) is 12.4 Å². The molecule has 7 heteroatoms. The molecule has 1 fully saturated rings. The van der Waals surface area contributed by atoms with E-state index in [0.717, 1.165) is 25.7 Å². The average molecular weight is 282 g/mol. The molecule has 1 aromatic carbocycles. The number of nitrogens with one attached hydrogen (secondary N) is 1. The SMILES string of the molecule is COC(=O)c1cc(NC2CC2(C)C)c([N+](=O)[O-])cc1F. The molecule has 108 valence electrons. The zero-order valence-corrected chi connectivity index (χ0v) is 11.4. The second-order valence-electron chi connectivity index (χ2n) is 5.49. The topological polar surface area (TPSA) is 81.5 Å². The molecule has 1 atom stereocenters. The zero-order valence-electron chi connectivity index (χ0n) is 11.4. The first-order valence-electron chi connectivity index (χ1n) is 6.09. The van der Waals surface area contributed by atoms with Gasteiger partial charge in [-0.1, -0.05) is 13.8 Å². The summed E-state index contributed by atoms with van der Waals surface area (Å²) in [7, 11) is 1.13. The van der Waals surface area contributed by atoms with Crippen LogP contribution in [0.15, 0.2) is 12.1 Å². The number of anilines is 1. The lowest BCUT2D eigenvalue weighted by atomic mass is 10.1. The van der Waals surface area contributed by atoms with E-state index in [0.29, 0.717) is 0 Å². The van der Waals surface area contributed by atoms with E-state index in [2.05, 4.69) is 10.1 Å². The number of carbonyl (C=O) groups excluding carboxylic acids is 1. The molecule has 0 aromatic heterocycles. The van der Waals surface area contributed by atoms with E-state index in [1.54, 1.807) is 0 Å². The molecule has 0 spiro atoms. The molecule has 20 heavy (non-hydrogen) atoms. The molecule has 0 heterocycles. The summed E-state index contributed by atoms with van der Waals surface area (Å²) in [5.74, 6) is -1.83. The van der Waals surface area contributed by atoms with E-state index in [-0.39, 0.29) is 22.7 Å². The molecule has 6 nitrogen and oxygen atoms in total. The van der Waals surface area contributed by atoms with Crippen LogP contribution in [-0.2, 0) is 4.74 Å². The summed E-state index contributed by atoms with van der Waals surface area (Å²) in [5.41, 5.74) is -0.544. The molecule has 1 aliphatic rings. The van der Waals surface area contributed by atoms with Gasteiger partial charge >= 0.3 is 5.97 Å². The van der Waals surface area contributed by atoms with Gasteiger partial charge in [0, 0.05) is 6.04 Å². The maximum Gasteiger partial charge on any atom is 0.340 e. The number of hydrogen-bond acceptors (Lipinski definition) is 5. The van der Waals surface area contributed by atoms with Crippen molar-refractivity contribution in [3.05, 3.63) is 33.6 Å². The maximum atomic E-state index is 13.7. The summed E-state index contributed by atoms with van der Waals surface area (Å²) >= 11 is 0. The zero-order chi connectivity index (χ0) is 15.1. The van der Waals surface area contributed by atoms with Crippen LogP contribution >= 0.6 is 0 Å². The van der Waals surface area contributed by atoms with Gasteiger partial charge in [0.2, 0.25) is 0 Å². The Labute approximate surface area is 115 Å². The van der Waals surface area contributed by atoms with Crippen LogP contribution in [0.4, 0.5) is 15.8 Å². The number of carbonyl (C=O) groups is 1. The van der Waals surface area contributed by atoms with Gasteiger partial charge < -0.3 is 10.1 Å². The summed E-state index contributed by atoms with van der Waals surface area (Å²) in [6.45, 7) is 4.03. The van der Waals surface area contributed by atoms with Crippen molar-refractivity contribution >= 4 is 17.3 Å². The highest BCUT2D eigenvalue weighted by Crippen LogP contribution is 2.47. The van der Waals surface area contributed by atoms with Crippen molar-refractivity contribution in [2.45, 2.75) is 26.3 Å². The van der Waals surface area contributed by atoms with E-state index >= 15 is 0 Å². The normalized spacial score (nSPS) is 19.3. The number of hydrogen-bond donors (Lipinski definition) is 1. The Morgan fingerprint density at radius 2 is 2.15 bits per heavy atom. The standard InChI is InChI=1S/C13H15FN2O4/c1-13(2)6-11(13)15-9-4-7(12(17)20-3)8(14)5-10(9)16(18)19/h4-5,11,15H,6H2,1-3H3. The molecule has 0 radical (unpaired) electrons. The Hall–Kier alpha value is -2.18. The second-order valence-corrected chi connectivity index (χ2v) is 5.49. The van der Waals surface area contributed by atoms with Crippen molar-refractivity contribution in [3.8, 4) is 0 Å². The van der Waals surface area contributed by atoms with Crippen LogP contribution < -0.4 is 5.32 Å². The van der Waals surface area contributed by atoms with Crippen LogP contribution in [0.1, 0.15) is 30.6 Å². The lowest BCUT2D eigenvalue weighted by Gasteiger charge is -2.10. The predicted octanol–water partition coefficient (Wildman–Crippen LogP) is 2.73. The number of nitrogens with zero attached hydrogens (tertiary/aromatic N) is 1. The fourth-order valence-corrected chi connectivity index (χ4v) is 2.00. The number of nitro benzene ring substituents is 1. The molecule has 1 N–H and O–H groups in total. The van der Waals surface area contributed by atoms with Crippen molar-refractivity contribution in [1.29, 1.82) is 0 Å². The Morgan fingerprint density at radius 1 is 1.55 bits per heavy atom. The van der Waals surface area contributed by atoms with Gasteiger partial charge in [0.25, 0.3) is 5.69 Å². The first-order chi connectivity index (χ1) is 9.26. The molecule has 1 unspecified atom stereocenters. The highest BCUT2D eigenvalue weighted by molar-refractivity contribution is 5.92. The number of nitro groups is 1. The lowest BCUT2D eigenvalue weighted by Crippen LogP contribution is -2.12. The minimum Gasteiger partial charge on any atom is -0.465 e. The Bertz CT molecular complexity index is 586. The van der Waals surface area contributed by atoms with Crippen LogP contribution in [0.2, 0.25) is 0 Å². The molecule has 2 rings (SSSR count). The van der Waals surface area contributed by atoms with Crippen molar-refractivity contribution < 1.29 is 18.8 Å². The summed E-state index contributed by atoms with van der Waals surface area (Å²) in [6, 6.07) is 1.94. The van der Waals surface area contributed by atoms with Crippen LogP contribution in [-0.4, -0.2) is 24.0 Å². The number of methoxy groups -OCH3 is 1. The summed E-state index contributed by atoms with van der Waals surface area (Å²) in [5, 5.41) is 14.0.